The topological polar surface area (TPSA) is 56.3 Å². The third-order valence-corrected chi connectivity index (χ3v) is 2.43. The van der Waals surface area contributed by atoms with Crippen molar-refractivity contribution < 1.29 is 30.2 Å². The van der Waals surface area contributed by atoms with E-state index < -0.39 is 32.9 Å². The third-order valence-electron chi connectivity index (χ3n) is 1.57. The lowest BCUT2D eigenvalue weighted by Crippen LogP contribution is -2.14. The second kappa shape index (κ2) is 3.89. The van der Waals surface area contributed by atoms with Crippen molar-refractivity contribution in [1.29, 1.82) is 0 Å². The lowest BCUT2D eigenvalue weighted by atomic mass is 10.3. The van der Waals surface area contributed by atoms with Crippen molar-refractivity contribution in [3.8, 4) is 5.88 Å². The normalized spacial score (nSPS) is 12.6. The molecule has 0 fully saturated rings. The predicted octanol–water partition coefficient (Wildman–Crippen LogP) is 1.77. The first-order chi connectivity index (χ1) is 7.16. The highest BCUT2D eigenvalue weighted by Gasteiger charge is 2.39. The SMILES string of the molecule is COc1ccc(S(=O)(=O)F)c(C(F)(F)F)n1. The molecule has 0 N–H and O–H groups in total. The molecule has 0 unspecified atom stereocenters. The van der Waals surface area contributed by atoms with Crippen LogP contribution in [0.25, 0.3) is 0 Å². The van der Waals surface area contributed by atoms with Gasteiger partial charge in [0.2, 0.25) is 5.88 Å². The molecule has 1 rings (SSSR count). The Morgan fingerprint density at radius 1 is 1.31 bits per heavy atom. The summed E-state index contributed by atoms with van der Waals surface area (Å²) in [4.78, 5) is 1.34. The first-order valence-electron chi connectivity index (χ1n) is 3.73. The van der Waals surface area contributed by atoms with E-state index in [-0.39, 0.29) is 0 Å². The van der Waals surface area contributed by atoms with Crippen LogP contribution in [0.15, 0.2) is 17.0 Å². The molecule has 0 aromatic carbocycles. The number of methoxy groups -OCH3 is 1. The molecule has 1 heterocycles. The van der Waals surface area contributed by atoms with Gasteiger partial charge in [0.05, 0.1) is 7.11 Å². The maximum absolute atomic E-state index is 12.5. The summed E-state index contributed by atoms with van der Waals surface area (Å²) in [5, 5.41) is 0. The molecule has 0 spiro atoms. The number of hydrogen-bond acceptors (Lipinski definition) is 4. The van der Waals surface area contributed by atoms with Crippen molar-refractivity contribution >= 4 is 10.2 Å². The first kappa shape index (κ1) is 12.7. The fourth-order valence-corrected chi connectivity index (χ4v) is 1.56. The van der Waals surface area contributed by atoms with Crippen molar-refractivity contribution in [3.05, 3.63) is 17.8 Å². The van der Waals surface area contributed by atoms with Gasteiger partial charge in [-0.15, -0.1) is 3.89 Å². The Balaban J connectivity index is 3.52. The van der Waals surface area contributed by atoms with Gasteiger partial charge in [-0.3, -0.25) is 0 Å². The molecule has 0 saturated carbocycles. The Kier molecular flexibility index (Phi) is 3.08. The standard InChI is InChI=1S/C7H5F4NO3S/c1-15-5-3-2-4(16(11,13)14)6(12-5)7(8,9)10/h2-3H,1H3. The summed E-state index contributed by atoms with van der Waals surface area (Å²) in [6, 6.07) is 1.27. The fourth-order valence-electron chi connectivity index (χ4n) is 0.942. The Bertz CT molecular complexity index is 497. The number of pyridine rings is 1. The van der Waals surface area contributed by atoms with Crippen LogP contribution in [0.3, 0.4) is 0 Å². The molecule has 0 amide bonds. The van der Waals surface area contributed by atoms with Crippen molar-refractivity contribution in [2.75, 3.05) is 7.11 Å². The van der Waals surface area contributed by atoms with Crippen LogP contribution in [0.5, 0.6) is 5.88 Å². The van der Waals surface area contributed by atoms with Crippen molar-refractivity contribution in [2.45, 2.75) is 11.1 Å². The molecule has 4 nitrogen and oxygen atoms in total. The highest BCUT2D eigenvalue weighted by atomic mass is 32.3. The average Bonchev–Trinajstić information content (AvgIpc) is 2.14. The van der Waals surface area contributed by atoms with Gasteiger partial charge in [0.25, 0.3) is 0 Å². The van der Waals surface area contributed by atoms with Crippen LogP contribution in [0.4, 0.5) is 17.1 Å². The summed E-state index contributed by atoms with van der Waals surface area (Å²) in [7, 11) is -4.43. The van der Waals surface area contributed by atoms with E-state index in [0.717, 1.165) is 13.2 Å². The van der Waals surface area contributed by atoms with Crippen molar-refractivity contribution in [2.24, 2.45) is 0 Å². The molecule has 16 heavy (non-hydrogen) atoms. The van der Waals surface area contributed by atoms with Gasteiger partial charge in [0.15, 0.2) is 5.69 Å². The van der Waals surface area contributed by atoms with Crippen molar-refractivity contribution in [3.63, 3.8) is 0 Å². The summed E-state index contributed by atoms with van der Waals surface area (Å²) in [5.74, 6) is -0.459. The molecule has 0 saturated heterocycles. The molecule has 0 atom stereocenters. The molecule has 0 radical (unpaired) electrons. The highest BCUT2D eigenvalue weighted by molar-refractivity contribution is 7.86. The smallest absolute Gasteiger partial charge is 0.434 e. The second-order valence-corrected chi connectivity index (χ2v) is 3.95. The van der Waals surface area contributed by atoms with E-state index in [4.69, 9.17) is 0 Å². The highest BCUT2D eigenvalue weighted by Crippen LogP contribution is 2.34. The van der Waals surface area contributed by atoms with Crippen LogP contribution in [0.2, 0.25) is 0 Å². The molecule has 1 aromatic heterocycles. The van der Waals surface area contributed by atoms with Gasteiger partial charge in [-0.2, -0.15) is 21.6 Å². The van der Waals surface area contributed by atoms with E-state index in [9.17, 15) is 25.5 Å². The van der Waals surface area contributed by atoms with E-state index >= 15 is 0 Å². The average molecular weight is 259 g/mol. The third kappa shape index (κ3) is 2.60. The van der Waals surface area contributed by atoms with Gasteiger partial charge < -0.3 is 4.74 Å². The van der Waals surface area contributed by atoms with E-state index in [0.29, 0.717) is 6.07 Å². The van der Waals surface area contributed by atoms with Crippen LogP contribution >= 0.6 is 0 Å². The summed E-state index contributed by atoms with van der Waals surface area (Å²) in [6.07, 6.45) is -5.08. The minimum Gasteiger partial charge on any atom is -0.481 e. The summed E-state index contributed by atoms with van der Waals surface area (Å²) >= 11 is 0. The number of halogens is 4. The molecule has 0 bridgehead atoms. The monoisotopic (exact) mass is 259 g/mol. The van der Waals surface area contributed by atoms with Gasteiger partial charge in [-0.1, -0.05) is 0 Å². The van der Waals surface area contributed by atoms with Gasteiger partial charge in [-0.25, -0.2) is 4.98 Å². The van der Waals surface area contributed by atoms with E-state index in [1.165, 1.54) is 0 Å². The Labute approximate surface area is 88.1 Å². The minimum absolute atomic E-state index is 0.448. The van der Waals surface area contributed by atoms with Crippen molar-refractivity contribution in [1.82, 2.24) is 4.98 Å². The zero-order valence-electron chi connectivity index (χ0n) is 7.75. The first-order valence-corrected chi connectivity index (χ1v) is 5.11. The molecule has 90 valence electrons. The molecule has 0 aliphatic heterocycles. The molecule has 0 aliphatic carbocycles. The zero-order valence-corrected chi connectivity index (χ0v) is 8.56. The molecular formula is C7H5F4NO3S. The van der Waals surface area contributed by atoms with Gasteiger partial charge >= 0.3 is 16.4 Å². The molecule has 9 heteroatoms. The van der Waals surface area contributed by atoms with Gasteiger partial charge in [-0.05, 0) is 6.07 Å². The van der Waals surface area contributed by atoms with Crippen LogP contribution in [0.1, 0.15) is 5.69 Å². The Morgan fingerprint density at radius 2 is 1.88 bits per heavy atom. The largest absolute Gasteiger partial charge is 0.481 e. The van der Waals surface area contributed by atoms with E-state index in [2.05, 4.69) is 9.72 Å². The number of aromatic nitrogens is 1. The molecule has 1 aromatic rings. The van der Waals surface area contributed by atoms with Crippen LogP contribution in [-0.4, -0.2) is 20.5 Å². The van der Waals surface area contributed by atoms with Crippen LogP contribution < -0.4 is 4.74 Å². The molecular weight excluding hydrogens is 254 g/mol. The maximum Gasteiger partial charge on any atom is 0.434 e. The Morgan fingerprint density at radius 3 is 2.25 bits per heavy atom. The van der Waals surface area contributed by atoms with E-state index in [1.54, 1.807) is 0 Å². The van der Waals surface area contributed by atoms with Crippen LogP contribution in [0, 0.1) is 0 Å². The quantitative estimate of drug-likeness (QED) is 0.600. The number of ether oxygens (including phenoxy) is 1. The van der Waals surface area contributed by atoms with E-state index in [1.807, 2.05) is 0 Å². The number of hydrogen-bond donors (Lipinski definition) is 0. The number of nitrogens with zero attached hydrogens (tertiary/aromatic N) is 1. The second-order valence-electron chi connectivity index (χ2n) is 2.64. The lowest BCUT2D eigenvalue weighted by Gasteiger charge is -2.10. The summed E-state index contributed by atoms with van der Waals surface area (Å²) < 4.78 is 74.9. The van der Waals surface area contributed by atoms with Gasteiger partial charge in [0, 0.05) is 6.07 Å². The summed E-state index contributed by atoms with van der Waals surface area (Å²) in [6.45, 7) is 0. The minimum atomic E-state index is -5.48. The lowest BCUT2D eigenvalue weighted by molar-refractivity contribution is -0.143. The fraction of sp³-hybridized carbons (Fsp3) is 0.286. The van der Waals surface area contributed by atoms with Crippen LogP contribution in [-0.2, 0) is 16.4 Å². The van der Waals surface area contributed by atoms with Gasteiger partial charge in [0.1, 0.15) is 4.90 Å². The Hall–Kier alpha value is -1.38. The maximum atomic E-state index is 12.5. The zero-order chi connectivity index (χ0) is 12.6. The number of alkyl halides is 3. The predicted molar refractivity (Wildman–Crippen MR) is 44.1 cm³/mol. The summed E-state index contributed by atoms with van der Waals surface area (Å²) in [5.41, 5.74) is -1.84. The molecule has 0 aliphatic rings. The number of rotatable bonds is 2.